The summed E-state index contributed by atoms with van der Waals surface area (Å²) in [5.74, 6) is -0.637. The largest absolute Gasteiger partial charge is 0.333 e. The molecule has 1 amide bonds. The molecule has 198 valence electrons. The van der Waals surface area contributed by atoms with Crippen molar-refractivity contribution in [2.24, 2.45) is 5.73 Å². The zero-order chi connectivity index (χ0) is 27.4. The molecule has 0 aliphatic carbocycles. The van der Waals surface area contributed by atoms with E-state index in [-0.39, 0.29) is 40.5 Å². The molecule has 2 N–H and O–H groups in total. The number of fused-ring (bicyclic) bond motifs is 3. The van der Waals surface area contributed by atoms with Crippen molar-refractivity contribution in [1.29, 1.82) is 5.26 Å². The molecule has 0 unspecified atom stereocenters. The maximum Gasteiger partial charge on any atom is 0.308 e. The molecule has 6 rings (SSSR count). The molecule has 8 heteroatoms. The third kappa shape index (κ3) is 4.36. The topological polar surface area (TPSA) is 92.1 Å². The highest BCUT2D eigenvalue weighted by Gasteiger charge is 2.42. The van der Waals surface area contributed by atoms with Crippen molar-refractivity contribution in [2.45, 2.75) is 63.7 Å². The number of halogens is 1. The molecule has 0 radical (unpaired) electrons. The number of rotatable bonds is 4. The Morgan fingerprint density at radius 3 is 2.38 bits per heavy atom. The van der Waals surface area contributed by atoms with Crippen LogP contribution in [0.15, 0.2) is 59.4 Å². The number of thiazole rings is 1. The number of nitrogens with two attached hydrogens (primary N) is 1. The Hall–Kier alpha value is -3.80. The van der Waals surface area contributed by atoms with Crippen molar-refractivity contribution in [3.63, 3.8) is 0 Å². The first-order valence-electron chi connectivity index (χ1n) is 13.3. The summed E-state index contributed by atoms with van der Waals surface area (Å²) in [7, 11) is 0. The van der Waals surface area contributed by atoms with Gasteiger partial charge >= 0.3 is 4.87 Å². The molecule has 2 bridgehead atoms. The maximum atomic E-state index is 14.8. The van der Waals surface area contributed by atoms with Gasteiger partial charge in [-0.3, -0.25) is 14.2 Å². The van der Waals surface area contributed by atoms with E-state index in [1.165, 1.54) is 23.5 Å². The number of aromatic nitrogens is 1. The molecule has 4 aromatic rings. The Labute approximate surface area is 230 Å². The normalized spacial score (nSPS) is 20.5. The van der Waals surface area contributed by atoms with Gasteiger partial charge in [0.05, 0.1) is 15.8 Å². The zero-order valence-electron chi connectivity index (χ0n) is 21.9. The highest BCUT2D eigenvalue weighted by atomic mass is 32.1. The van der Waals surface area contributed by atoms with E-state index in [1.54, 1.807) is 10.6 Å². The fourth-order valence-electron chi connectivity index (χ4n) is 6.33. The third-order valence-electron chi connectivity index (χ3n) is 8.11. The van der Waals surface area contributed by atoms with Crippen LogP contribution in [0.1, 0.15) is 61.5 Å². The average Bonchev–Trinajstić information content (AvgIpc) is 3.39. The van der Waals surface area contributed by atoms with Gasteiger partial charge in [-0.25, -0.2) is 4.39 Å². The number of nitrogens with zero attached hydrogens (tertiary/aromatic N) is 3. The zero-order valence-corrected chi connectivity index (χ0v) is 22.7. The molecule has 2 aliphatic heterocycles. The van der Waals surface area contributed by atoms with Gasteiger partial charge in [0.2, 0.25) is 0 Å². The lowest BCUT2D eigenvalue weighted by Crippen LogP contribution is -2.50. The van der Waals surface area contributed by atoms with E-state index in [2.05, 4.69) is 0 Å². The molecule has 0 spiro atoms. The molecule has 3 aromatic carbocycles. The molecule has 3 heterocycles. The quantitative estimate of drug-likeness (QED) is 0.339. The number of hydrogen-bond donors (Lipinski definition) is 1. The van der Waals surface area contributed by atoms with Gasteiger partial charge in [-0.1, -0.05) is 29.5 Å². The molecule has 2 saturated heterocycles. The van der Waals surface area contributed by atoms with Crippen LogP contribution >= 0.6 is 11.3 Å². The van der Waals surface area contributed by atoms with Crippen LogP contribution in [0.4, 0.5) is 4.39 Å². The minimum Gasteiger partial charge on any atom is -0.333 e. The fraction of sp³-hybridized carbons (Fsp3) is 0.323. The molecule has 39 heavy (non-hydrogen) atoms. The minimum absolute atomic E-state index is 0.0108. The first kappa shape index (κ1) is 25.5. The van der Waals surface area contributed by atoms with Crippen molar-refractivity contribution < 1.29 is 9.18 Å². The average molecular weight is 541 g/mol. The first-order chi connectivity index (χ1) is 18.7. The van der Waals surface area contributed by atoms with Crippen LogP contribution < -0.4 is 10.6 Å². The monoisotopic (exact) mass is 540 g/mol. The van der Waals surface area contributed by atoms with Crippen molar-refractivity contribution in [2.75, 3.05) is 0 Å². The number of benzene rings is 3. The lowest BCUT2D eigenvalue weighted by Gasteiger charge is -2.38. The van der Waals surface area contributed by atoms with E-state index >= 15 is 0 Å². The second kappa shape index (κ2) is 9.74. The third-order valence-corrected chi connectivity index (χ3v) is 9.03. The van der Waals surface area contributed by atoms with Gasteiger partial charge in [-0.2, -0.15) is 5.26 Å². The second-order valence-corrected chi connectivity index (χ2v) is 11.9. The van der Waals surface area contributed by atoms with Gasteiger partial charge in [0, 0.05) is 29.7 Å². The molecule has 2 fully saturated rings. The van der Waals surface area contributed by atoms with Crippen molar-refractivity contribution in [3.05, 3.63) is 81.2 Å². The summed E-state index contributed by atoms with van der Waals surface area (Å²) >= 11 is 1.20. The maximum absolute atomic E-state index is 14.8. The van der Waals surface area contributed by atoms with Crippen LogP contribution in [0.25, 0.3) is 32.5 Å². The molecule has 2 aliphatic rings. The Morgan fingerprint density at radius 1 is 1.03 bits per heavy atom. The predicted octanol–water partition coefficient (Wildman–Crippen LogP) is 6.08. The Kier molecular flexibility index (Phi) is 6.37. The lowest BCUT2D eigenvalue weighted by molar-refractivity contribution is 0.0575. The second-order valence-electron chi connectivity index (χ2n) is 10.9. The first-order valence-corrected chi connectivity index (χ1v) is 14.1. The van der Waals surface area contributed by atoms with E-state index in [0.717, 1.165) is 47.0 Å². The van der Waals surface area contributed by atoms with Gasteiger partial charge in [0.25, 0.3) is 5.91 Å². The summed E-state index contributed by atoms with van der Waals surface area (Å²) in [6.07, 6.45) is 3.56. The number of piperidine rings is 1. The van der Waals surface area contributed by atoms with Crippen molar-refractivity contribution >= 4 is 27.5 Å². The van der Waals surface area contributed by atoms with Crippen LogP contribution in [0.2, 0.25) is 0 Å². The smallest absolute Gasteiger partial charge is 0.308 e. The number of amides is 1. The van der Waals surface area contributed by atoms with Crippen LogP contribution in [-0.4, -0.2) is 33.5 Å². The molecular weight excluding hydrogens is 511 g/mol. The van der Waals surface area contributed by atoms with E-state index < -0.39 is 5.82 Å². The SMILES string of the molecule is CC(C)n1c(=O)sc2cc(-c3ccc(C(=O)N4[C@@H]5CC[C@H]4C[C@@H](N)C5)cc3-c3ccc(C#N)c(F)c3)ccc21. The van der Waals surface area contributed by atoms with E-state index in [9.17, 15) is 19.2 Å². The van der Waals surface area contributed by atoms with Gasteiger partial charge in [-0.05, 0) is 98.2 Å². The number of carbonyl (C=O) groups excluding carboxylic acids is 1. The van der Waals surface area contributed by atoms with Crippen molar-refractivity contribution in [1.82, 2.24) is 9.47 Å². The highest BCUT2D eigenvalue weighted by molar-refractivity contribution is 7.16. The van der Waals surface area contributed by atoms with Gasteiger partial charge < -0.3 is 10.6 Å². The molecule has 6 nitrogen and oxygen atoms in total. The Bertz CT molecular complexity index is 1700. The van der Waals surface area contributed by atoms with E-state index in [4.69, 9.17) is 5.73 Å². The summed E-state index contributed by atoms with van der Waals surface area (Å²) in [5, 5.41) is 9.24. The fourth-order valence-corrected chi connectivity index (χ4v) is 7.39. The summed E-state index contributed by atoms with van der Waals surface area (Å²) in [6.45, 7) is 3.97. The van der Waals surface area contributed by atoms with Crippen LogP contribution in [0, 0.1) is 17.1 Å². The van der Waals surface area contributed by atoms with Crippen molar-refractivity contribution in [3.8, 4) is 28.3 Å². The van der Waals surface area contributed by atoms with Gasteiger partial charge in [0.15, 0.2) is 0 Å². The van der Waals surface area contributed by atoms with Crippen LogP contribution in [0.5, 0.6) is 0 Å². The summed E-state index contributed by atoms with van der Waals surface area (Å²) in [5.41, 5.74) is 10.6. The summed E-state index contributed by atoms with van der Waals surface area (Å²) in [6, 6.07) is 18.3. The Balaban J connectivity index is 1.48. The lowest BCUT2D eigenvalue weighted by atomic mass is 9.91. The summed E-state index contributed by atoms with van der Waals surface area (Å²) < 4.78 is 17.4. The van der Waals surface area contributed by atoms with Gasteiger partial charge in [0.1, 0.15) is 11.9 Å². The number of nitriles is 1. The predicted molar refractivity (Wildman–Crippen MR) is 152 cm³/mol. The van der Waals surface area contributed by atoms with E-state index in [0.29, 0.717) is 16.7 Å². The van der Waals surface area contributed by atoms with Crippen LogP contribution in [0.3, 0.4) is 0 Å². The highest BCUT2D eigenvalue weighted by Crippen LogP contribution is 2.39. The van der Waals surface area contributed by atoms with Gasteiger partial charge in [-0.15, -0.1) is 0 Å². The molecular formula is C31H29FN4O2S. The Morgan fingerprint density at radius 2 is 1.72 bits per heavy atom. The minimum atomic E-state index is -0.608. The molecule has 1 aromatic heterocycles. The number of hydrogen-bond acceptors (Lipinski definition) is 5. The molecule has 0 saturated carbocycles. The molecule has 3 atom stereocenters. The van der Waals surface area contributed by atoms with E-state index in [1.807, 2.05) is 61.2 Å². The standard InChI is InChI=1S/C31H29FN4O2S/c1-17(2)35-28-10-6-19(13-29(28)39-31(35)38)25-9-5-20(11-26(25)18-3-4-21(16-33)27(32)12-18)30(37)36-23-7-8-24(36)15-22(34)14-23/h3-6,9-13,17,22-24H,7-8,14-15,34H2,1-2H3/t22-,23+,24-. The summed E-state index contributed by atoms with van der Waals surface area (Å²) in [4.78, 5) is 28.4. The van der Waals surface area contributed by atoms with Crippen LogP contribution in [-0.2, 0) is 0 Å². The number of carbonyl (C=O) groups is 1.